The van der Waals surface area contributed by atoms with Crippen LogP contribution in [0.1, 0.15) is 71.1 Å². The molecule has 7 atom stereocenters. The Hall–Kier alpha value is -0.910. The topological polar surface area (TPSA) is 70.8 Å². The first-order chi connectivity index (χ1) is 14.5. The molecule has 2 N–H and O–H groups in total. The van der Waals surface area contributed by atoms with Crippen LogP contribution in [0.2, 0.25) is 0 Å². The molecule has 5 heteroatoms. The maximum atomic E-state index is 11.5. The number of carbonyl (C=O) groups excluding carboxylic acids is 1. The van der Waals surface area contributed by atoms with E-state index in [0.717, 1.165) is 63.2 Å². The van der Waals surface area contributed by atoms with Gasteiger partial charge in [-0.15, -0.1) is 0 Å². The average Bonchev–Trinajstić information content (AvgIpc) is 3.30. The molecule has 2 heterocycles. The predicted octanol–water partition coefficient (Wildman–Crippen LogP) is 3.95. The minimum atomic E-state index is -0.355. The van der Waals surface area contributed by atoms with Crippen LogP contribution in [0.4, 0.5) is 0 Å². The Morgan fingerprint density at radius 3 is 2.57 bits per heavy atom. The van der Waals surface area contributed by atoms with E-state index in [4.69, 9.17) is 19.9 Å². The van der Waals surface area contributed by atoms with E-state index in [0.29, 0.717) is 17.8 Å². The molecule has 30 heavy (non-hydrogen) atoms. The van der Waals surface area contributed by atoms with Gasteiger partial charge in [0.05, 0.1) is 19.6 Å². The van der Waals surface area contributed by atoms with Gasteiger partial charge in [-0.25, -0.2) is 0 Å². The van der Waals surface area contributed by atoms with Crippen molar-refractivity contribution in [3.8, 4) is 0 Å². The van der Waals surface area contributed by atoms with Gasteiger partial charge in [-0.1, -0.05) is 18.6 Å². The summed E-state index contributed by atoms with van der Waals surface area (Å²) in [5.41, 5.74) is 8.39. The van der Waals surface area contributed by atoms with Crippen molar-refractivity contribution in [2.45, 2.75) is 83.0 Å². The van der Waals surface area contributed by atoms with Crippen LogP contribution in [-0.4, -0.2) is 37.6 Å². The number of ether oxygens (including phenoxy) is 3. The van der Waals surface area contributed by atoms with Gasteiger partial charge in [0.25, 0.3) is 0 Å². The van der Waals surface area contributed by atoms with Gasteiger partial charge < -0.3 is 19.9 Å². The van der Waals surface area contributed by atoms with E-state index in [-0.39, 0.29) is 23.3 Å². The van der Waals surface area contributed by atoms with Crippen LogP contribution in [0.5, 0.6) is 0 Å². The molecule has 1 spiro atoms. The lowest BCUT2D eigenvalue weighted by Crippen LogP contribution is -2.55. The predicted molar refractivity (Wildman–Crippen MR) is 112 cm³/mol. The van der Waals surface area contributed by atoms with Gasteiger partial charge >= 0.3 is 5.97 Å². The van der Waals surface area contributed by atoms with Crippen molar-refractivity contribution in [3.63, 3.8) is 0 Å². The second-order valence-corrected chi connectivity index (χ2v) is 11.3. The van der Waals surface area contributed by atoms with Crippen molar-refractivity contribution in [2.75, 3.05) is 19.8 Å². The van der Waals surface area contributed by atoms with E-state index in [1.807, 2.05) is 0 Å². The lowest BCUT2D eigenvalue weighted by atomic mass is 9.45. The molecule has 6 rings (SSSR count). The molecule has 6 aliphatic rings. The Bertz CT molecular complexity index is 750. The van der Waals surface area contributed by atoms with Crippen molar-refractivity contribution in [1.82, 2.24) is 0 Å². The number of rotatable bonds is 3. The second-order valence-electron chi connectivity index (χ2n) is 11.3. The van der Waals surface area contributed by atoms with Crippen LogP contribution in [0.3, 0.4) is 0 Å². The van der Waals surface area contributed by atoms with Crippen molar-refractivity contribution in [2.24, 2.45) is 40.2 Å². The smallest absolute Gasteiger partial charge is 0.309 e. The Balaban J connectivity index is 1.30. The summed E-state index contributed by atoms with van der Waals surface area (Å²) in [7, 11) is 0. The Morgan fingerprint density at radius 1 is 1.07 bits per heavy atom. The molecular weight excluding hydrogens is 378 g/mol. The third-order valence-corrected chi connectivity index (χ3v) is 10.4. The number of hydrogen-bond donors (Lipinski definition) is 1. The fraction of sp³-hybridized carbons (Fsp3) is 0.880. The van der Waals surface area contributed by atoms with E-state index >= 15 is 0 Å². The number of esters is 1. The standard InChI is InChI=1S/C25H37NO4/c1-23-7-6-19-17(18(23)4-5-20(23)21-14-22(27)30-21)3-2-16-15-25(28-12-13-29-25)9-8-24(16,19)10-11-26/h2,17-21H,3-15,26H2,1H3/t17?,18?,19?,20-,21?,23+,24?/m1/s1. The minimum Gasteiger partial charge on any atom is -0.461 e. The highest BCUT2D eigenvalue weighted by molar-refractivity contribution is 5.75. The summed E-state index contributed by atoms with van der Waals surface area (Å²) in [4.78, 5) is 11.5. The van der Waals surface area contributed by atoms with E-state index in [1.165, 1.54) is 32.1 Å². The molecule has 0 aromatic carbocycles. The maximum absolute atomic E-state index is 11.5. The highest BCUT2D eigenvalue weighted by Crippen LogP contribution is 2.68. The highest BCUT2D eigenvalue weighted by Gasteiger charge is 2.63. The summed E-state index contributed by atoms with van der Waals surface area (Å²) in [6.07, 6.45) is 13.9. The summed E-state index contributed by atoms with van der Waals surface area (Å²) >= 11 is 0. The van der Waals surface area contributed by atoms with Crippen molar-refractivity contribution >= 4 is 5.97 Å². The number of hydrogen-bond acceptors (Lipinski definition) is 5. The fourth-order valence-corrected chi connectivity index (χ4v) is 9.08. The number of nitrogens with two attached hydrogens (primary N) is 1. The summed E-state index contributed by atoms with van der Waals surface area (Å²) < 4.78 is 17.8. The minimum absolute atomic E-state index is 0.000335. The molecule has 166 valence electrons. The molecule has 0 radical (unpaired) electrons. The third-order valence-electron chi connectivity index (χ3n) is 10.4. The van der Waals surface area contributed by atoms with Crippen LogP contribution in [0, 0.1) is 34.5 Å². The van der Waals surface area contributed by atoms with Crippen LogP contribution >= 0.6 is 0 Å². The molecular formula is C25H37NO4. The molecule has 0 bridgehead atoms. The number of fused-ring (bicyclic) bond motifs is 5. The molecule has 5 nitrogen and oxygen atoms in total. The van der Waals surface area contributed by atoms with Gasteiger partial charge in [0.1, 0.15) is 6.10 Å². The van der Waals surface area contributed by atoms with Gasteiger partial charge in [-0.05, 0) is 80.1 Å². The molecule has 2 saturated heterocycles. The van der Waals surface area contributed by atoms with E-state index < -0.39 is 0 Å². The third kappa shape index (κ3) is 2.61. The largest absolute Gasteiger partial charge is 0.461 e. The van der Waals surface area contributed by atoms with Crippen molar-refractivity contribution in [1.29, 1.82) is 0 Å². The number of cyclic esters (lactones) is 1. The molecule has 3 saturated carbocycles. The normalized spacial score (nSPS) is 48.9. The van der Waals surface area contributed by atoms with Gasteiger partial charge in [-0.2, -0.15) is 0 Å². The SMILES string of the molecule is C[C@]12CCC3C(CC=C4CC5(CCC43CCN)OCCO5)C1CC[C@@H]2C1CC(=O)O1. The van der Waals surface area contributed by atoms with Crippen molar-refractivity contribution < 1.29 is 19.0 Å². The summed E-state index contributed by atoms with van der Waals surface area (Å²) in [6.45, 7) is 4.74. The Labute approximate surface area is 180 Å². The van der Waals surface area contributed by atoms with Gasteiger partial charge in [0.15, 0.2) is 5.79 Å². The Kier molecular flexibility index (Phi) is 4.47. The molecule has 0 aromatic heterocycles. The van der Waals surface area contributed by atoms with Gasteiger partial charge in [0, 0.05) is 18.8 Å². The van der Waals surface area contributed by atoms with Crippen LogP contribution < -0.4 is 5.73 Å². The first-order valence-corrected chi connectivity index (χ1v) is 12.4. The molecule has 4 aliphatic carbocycles. The first kappa shape index (κ1) is 19.8. The quantitative estimate of drug-likeness (QED) is 0.558. The summed E-state index contributed by atoms with van der Waals surface area (Å²) in [5.74, 6) is 2.45. The first-order valence-electron chi connectivity index (χ1n) is 12.4. The molecule has 5 unspecified atom stereocenters. The maximum Gasteiger partial charge on any atom is 0.309 e. The Morgan fingerprint density at radius 2 is 1.83 bits per heavy atom. The van der Waals surface area contributed by atoms with E-state index in [1.54, 1.807) is 5.57 Å². The second kappa shape index (κ2) is 6.79. The molecule has 2 aliphatic heterocycles. The van der Waals surface area contributed by atoms with E-state index in [2.05, 4.69) is 13.0 Å². The summed E-state index contributed by atoms with van der Waals surface area (Å²) in [6, 6.07) is 0. The zero-order chi connectivity index (χ0) is 20.6. The van der Waals surface area contributed by atoms with Crippen LogP contribution in [-0.2, 0) is 19.0 Å². The lowest BCUT2D eigenvalue weighted by molar-refractivity contribution is -0.191. The van der Waals surface area contributed by atoms with Crippen LogP contribution in [0.25, 0.3) is 0 Å². The average molecular weight is 416 g/mol. The summed E-state index contributed by atoms with van der Waals surface area (Å²) in [5, 5.41) is 0. The molecule has 5 fully saturated rings. The zero-order valence-electron chi connectivity index (χ0n) is 18.4. The fourth-order valence-electron chi connectivity index (χ4n) is 9.08. The monoisotopic (exact) mass is 415 g/mol. The lowest BCUT2D eigenvalue weighted by Gasteiger charge is -2.60. The van der Waals surface area contributed by atoms with Crippen molar-refractivity contribution in [3.05, 3.63) is 11.6 Å². The number of carbonyl (C=O) groups is 1. The zero-order valence-corrected chi connectivity index (χ0v) is 18.4. The van der Waals surface area contributed by atoms with Gasteiger partial charge in [-0.3, -0.25) is 4.79 Å². The van der Waals surface area contributed by atoms with Gasteiger partial charge in [0.2, 0.25) is 0 Å². The van der Waals surface area contributed by atoms with E-state index in [9.17, 15) is 4.79 Å². The van der Waals surface area contributed by atoms with Crippen LogP contribution in [0.15, 0.2) is 11.6 Å². The molecule has 0 amide bonds. The molecule has 0 aromatic rings. The highest BCUT2D eigenvalue weighted by atomic mass is 16.7. The number of allylic oxidation sites excluding steroid dienone is 1.